The van der Waals surface area contributed by atoms with Crippen molar-refractivity contribution in [3.05, 3.63) is 0 Å². The van der Waals surface area contributed by atoms with Crippen molar-refractivity contribution in [3.63, 3.8) is 0 Å². The maximum Gasteiger partial charge on any atom is 0.0776 e. The molecule has 0 aromatic heterocycles. The van der Waals surface area contributed by atoms with Crippen LogP contribution in [-0.2, 0) is 0 Å². The van der Waals surface area contributed by atoms with Crippen molar-refractivity contribution < 1.29 is 0 Å². The van der Waals surface area contributed by atoms with Gasteiger partial charge in [-0.1, -0.05) is 6.92 Å². The molecule has 0 saturated carbocycles. The van der Waals surface area contributed by atoms with Gasteiger partial charge in [-0.15, -0.1) is 0 Å². The summed E-state index contributed by atoms with van der Waals surface area (Å²) in [5, 5.41) is 0. The van der Waals surface area contributed by atoms with Gasteiger partial charge >= 0.3 is 0 Å². The summed E-state index contributed by atoms with van der Waals surface area (Å²) in [7, 11) is 0. The first-order valence-electron chi connectivity index (χ1n) is 2.90. The summed E-state index contributed by atoms with van der Waals surface area (Å²) in [5.74, 6) is 0. The lowest BCUT2D eigenvalue weighted by Crippen LogP contribution is -2.43. The molecule has 2 unspecified atom stereocenters. The van der Waals surface area contributed by atoms with Crippen LogP contribution in [0.3, 0.4) is 0 Å². The second kappa shape index (κ2) is 1.01. The molecule has 0 aromatic carbocycles. The van der Waals surface area contributed by atoms with E-state index in [0.29, 0.717) is 0 Å². The Morgan fingerprint density at radius 2 is 2.57 bits per heavy atom. The van der Waals surface area contributed by atoms with E-state index in [0.717, 1.165) is 6.17 Å². The third kappa shape index (κ3) is 0.359. The Hall–Kier alpha value is -0.0800. The number of hydrogen-bond donors (Lipinski definition) is 0. The van der Waals surface area contributed by atoms with Crippen LogP contribution < -0.4 is 0 Å². The van der Waals surface area contributed by atoms with Gasteiger partial charge < -0.3 is 0 Å². The highest BCUT2D eigenvalue weighted by Crippen LogP contribution is 2.31. The van der Waals surface area contributed by atoms with Gasteiger partial charge in [-0.2, -0.15) is 0 Å². The van der Waals surface area contributed by atoms with Crippen LogP contribution in [-0.4, -0.2) is 35.7 Å². The van der Waals surface area contributed by atoms with E-state index >= 15 is 0 Å². The van der Waals surface area contributed by atoms with Crippen LogP contribution in [0, 0.1) is 0 Å². The Kier molecular flexibility index (Phi) is 0.557. The van der Waals surface area contributed by atoms with E-state index in [1.54, 1.807) is 0 Å². The summed E-state index contributed by atoms with van der Waals surface area (Å²) < 4.78 is 0. The van der Waals surface area contributed by atoms with Crippen LogP contribution in [0.25, 0.3) is 0 Å². The predicted octanol–water partition coefficient (Wildman–Crippen LogP) is -0.0789. The lowest BCUT2D eigenvalue weighted by Gasteiger charge is -2.29. The molecule has 0 amide bonds. The third-order valence-electron chi connectivity index (χ3n) is 1.88. The monoisotopic (exact) mass is 98.1 g/mol. The van der Waals surface area contributed by atoms with E-state index in [4.69, 9.17) is 0 Å². The fourth-order valence-electron chi connectivity index (χ4n) is 1.20. The Labute approximate surface area is 43.7 Å². The zero-order valence-electron chi connectivity index (χ0n) is 4.59. The highest BCUT2D eigenvalue weighted by atomic mass is 15.6. The molecule has 2 heteroatoms. The summed E-state index contributed by atoms with van der Waals surface area (Å²) >= 11 is 0. The van der Waals surface area contributed by atoms with E-state index in [1.165, 1.54) is 19.8 Å². The Morgan fingerprint density at radius 1 is 1.71 bits per heavy atom. The van der Waals surface area contributed by atoms with Gasteiger partial charge in [0.05, 0.1) is 12.8 Å². The van der Waals surface area contributed by atoms with E-state index < -0.39 is 0 Å². The minimum atomic E-state index is 0.880. The third-order valence-corrected chi connectivity index (χ3v) is 1.88. The highest BCUT2D eigenvalue weighted by molar-refractivity contribution is 4.97. The topological polar surface area (TPSA) is 6.25 Å². The molecule has 0 aliphatic carbocycles. The second-order valence-corrected chi connectivity index (χ2v) is 2.30. The van der Waals surface area contributed by atoms with Crippen molar-refractivity contribution in [1.82, 2.24) is 9.80 Å². The highest BCUT2D eigenvalue weighted by Gasteiger charge is 2.48. The molecule has 7 heavy (non-hydrogen) atoms. The largest absolute Gasteiger partial charge is 0.274 e. The fourth-order valence-corrected chi connectivity index (χ4v) is 1.20. The van der Waals surface area contributed by atoms with Gasteiger partial charge in [0.2, 0.25) is 0 Å². The number of rotatable bonds is 1. The van der Waals surface area contributed by atoms with Gasteiger partial charge in [0, 0.05) is 6.54 Å². The maximum atomic E-state index is 2.47. The van der Waals surface area contributed by atoms with Crippen molar-refractivity contribution in [2.45, 2.75) is 13.1 Å². The van der Waals surface area contributed by atoms with E-state index in [-0.39, 0.29) is 0 Å². The van der Waals surface area contributed by atoms with E-state index in [9.17, 15) is 0 Å². The van der Waals surface area contributed by atoms with Crippen molar-refractivity contribution in [3.8, 4) is 0 Å². The minimum Gasteiger partial charge on any atom is -0.274 e. The van der Waals surface area contributed by atoms with Gasteiger partial charge in [-0.3, -0.25) is 9.80 Å². The van der Waals surface area contributed by atoms with Crippen LogP contribution in [0.15, 0.2) is 0 Å². The smallest absolute Gasteiger partial charge is 0.0776 e. The Morgan fingerprint density at radius 3 is 2.71 bits per heavy atom. The molecule has 2 fully saturated rings. The Bertz CT molecular complexity index is 92.1. The molecule has 2 aliphatic heterocycles. The number of hydrogen-bond acceptors (Lipinski definition) is 2. The predicted molar refractivity (Wildman–Crippen MR) is 27.7 cm³/mol. The molecule has 2 nitrogen and oxygen atoms in total. The molecule has 0 spiro atoms. The van der Waals surface area contributed by atoms with Crippen molar-refractivity contribution in [1.29, 1.82) is 0 Å². The van der Waals surface area contributed by atoms with Gasteiger partial charge in [0.25, 0.3) is 0 Å². The zero-order chi connectivity index (χ0) is 4.85. The first-order valence-corrected chi connectivity index (χ1v) is 2.90. The first kappa shape index (κ1) is 3.87. The second-order valence-electron chi connectivity index (χ2n) is 2.30. The van der Waals surface area contributed by atoms with Gasteiger partial charge in [0.1, 0.15) is 0 Å². The van der Waals surface area contributed by atoms with Crippen LogP contribution in [0.2, 0.25) is 0 Å². The molecule has 2 atom stereocenters. The molecule has 2 rings (SSSR count). The van der Waals surface area contributed by atoms with Gasteiger partial charge in [0.15, 0.2) is 0 Å². The molecule has 2 heterocycles. The number of fused-ring (bicyclic) bond motifs is 1. The lowest BCUT2D eigenvalue weighted by atomic mass is 10.5. The fraction of sp³-hybridized carbons (Fsp3) is 1.00. The summed E-state index contributed by atoms with van der Waals surface area (Å²) in [6, 6.07) is 0. The van der Waals surface area contributed by atoms with Gasteiger partial charge in [-0.05, 0) is 6.54 Å². The van der Waals surface area contributed by atoms with Crippen LogP contribution in [0.4, 0.5) is 0 Å². The van der Waals surface area contributed by atoms with Crippen LogP contribution in [0.5, 0.6) is 0 Å². The molecular formula is C5H10N2. The quantitative estimate of drug-likeness (QED) is 0.423. The molecule has 2 saturated heterocycles. The standard InChI is InChI=1S/C5H10N2/c1-2-6-4-7-3-5(6)7/h5H,2-4H2,1H3. The van der Waals surface area contributed by atoms with E-state index in [2.05, 4.69) is 16.7 Å². The molecule has 0 bridgehead atoms. The van der Waals surface area contributed by atoms with Crippen molar-refractivity contribution >= 4 is 0 Å². The van der Waals surface area contributed by atoms with Crippen molar-refractivity contribution in [2.75, 3.05) is 19.8 Å². The zero-order valence-corrected chi connectivity index (χ0v) is 4.59. The normalized spacial score (nSPS) is 47.6. The first-order chi connectivity index (χ1) is 3.42. The molecule has 0 aromatic rings. The molecular weight excluding hydrogens is 88.1 g/mol. The van der Waals surface area contributed by atoms with E-state index in [1.807, 2.05) is 0 Å². The average Bonchev–Trinajstić information content (AvgIpc) is 2.18. The Balaban J connectivity index is 1.92. The van der Waals surface area contributed by atoms with Crippen LogP contribution in [0.1, 0.15) is 6.92 Å². The summed E-state index contributed by atoms with van der Waals surface area (Å²) in [6.07, 6.45) is 0.880. The SMILES string of the molecule is CCN1CN2CC12. The average molecular weight is 98.1 g/mol. The summed E-state index contributed by atoms with van der Waals surface area (Å²) in [4.78, 5) is 4.92. The number of likely N-dealkylation sites (N-methyl/N-ethyl adjacent to an activating group) is 1. The van der Waals surface area contributed by atoms with Gasteiger partial charge in [-0.25, -0.2) is 0 Å². The number of nitrogens with zero attached hydrogens (tertiary/aromatic N) is 2. The summed E-state index contributed by atoms with van der Waals surface area (Å²) in [5.41, 5.74) is 0. The molecule has 40 valence electrons. The molecule has 0 radical (unpaired) electrons. The van der Waals surface area contributed by atoms with Crippen LogP contribution >= 0.6 is 0 Å². The summed E-state index contributed by atoms with van der Waals surface area (Å²) in [6.45, 7) is 6.03. The molecule has 0 N–H and O–H groups in total. The van der Waals surface area contributed by atoms with Crippen molar-refractivity contribution in [2.24, 2.45) is 0 Å². The molecule has 2 aliphatic rings. The minimum absolute atomic E-state index is 0.880. The lowest BCUT2D eigenvalue weighted by molar-refractivity contribution is 0.0815. The maximum absolute atomic E-state index is 2.47.